The van der Waals surface area contributed by atoms with E-state index in [2.05, 4.69) is 30.9 Å². The molecule has 1 heterocycles. The maximum Gasteiger partial charge on any atom is 0.573 e. The summed E-state index contributed by atoms with van der Waals surface area (Å²) in [6.45, 7) is 3.43. The van der Waals surface area contributed by atoms with Crippen LogP contribution < -0.4 is 10.1 Å². The van der Waals surface area contributed by atoms with Gasteiger partial charge < -0.3 is 10.1 Å². The van der Waals surface area contributed by atoms with E-state index in [1.54, 1.807) is 12.1 Å². The van der Waals surface area contributed by atoms with Crippen molar-refractivity contribution in [1.29, 1.82) is 0 Å². The Labute approximate surface area is 142 Å². The van der Waals surface area contributed by atoms with Crippen molar-refractivity contribution in [2.75, 3.05) is 26.2 Å². The van der Waals surface area contributed by atoms with Crippen LogP contribution in [0.1, 0.15) is 30.9 Å². The van der Waals surface area contributed by atoms with Crippen LogP contribution in [0.5, 0.6) is 5.75 Å². The molecule has 0 spiro atoms. The van der Waals surface area contributed by atoms with Gasteiger partial charge in [-0.25, -0.2) is 0 Å². The topological polar surface area (TPSA) is 24.5 Å². The number of halogens is 4. The van der Waals surface area contributed by atoms with Crippen LogP contribution in [0, 0.1) is 5.92 Å². The fourth-order valence-electron chi connectivity index (χ4n) is 3.43. The Hall–Kier alpha value is -0.790. The lowest BCUT2D eigenvalue weighted by atomic mass is 9.76. The normalized spacial score (nSPS) is 21.7. The molecule has 128 valence electrons. The lowest BCUT2D eigenvalue weighted by Crippen LogP contribution is -2.48. The molecule has 1 atom stereocenters. The van der Waals surface area contributed by atoms with Gasteiger partial charge in [-0.1, -0.05) is 22.4 Å². The van der Waals surface area contributed by atoms with Crippen LogP contribution in [0.4, 0.5) is 13.2 Å². The summed E-state index contributed by atoms with van der Waals surface area (Å²) in [5, 5.41) is 3.30. The van der Waals surface area contributed by atoms with Crippen LogP contribution in [0.3, 0.4) is 0 Å². The minimum Gasteiger partial charge on any atom is -0.405 e. The first-order valence-electron chi connectivity index (χ1n) is 7.94. The molecule has 1 saturated heterocycles. The van der Waals surface area contributed by atoms with Crippen molar-refractivity contribution in [3.63, 3.8) is 0 Å². The Kier molecular flexibility index (Phi) is 5.18. The van der Waals surface area contributed by atoms with Gasteiger partial charge in [0.2, 0.25) is 0 Å². The van der Waals surface area contributed by atoms with Gasteiger partial charge in [0.05, 0.1) is 0 Å². The van der Waals surface area contributed by atoms with Crippen LogP contribution in [0.15, 0.2) is 22.7 Å². The van der Waals surface area contributed by atoms with Crippen molar-refractivity contribution in [3.05, 3.63) is 28.2 Å². The largest absolute Gasteiger partial charge is 0.573 e. The van der Waals surface area contributed by atoms with Gasteiger partial charge in [0.1, 0.15) is 5.75 Å². The lowest BCUT2D eigenvalue weighted by Gasteiger charge is -2.43. The minimum atomic E-state index is -4.67. The van der Waals surface area contributed by atoms with Crippen molar-refractivity contribution < 1.29 is 17.9 Å². The van der Waals surface area contributed by atoms with Crippen LogP contribution in [-0.2, 0) is 0 Å². The van der Waals surface area contributed by atoms with Crippen LogP contribution >= 0.6 is 15.9 Å². The van der Waals surface area contributed by atoms with Crippen molar-refractivity contribution in [2.45, 2.75) is 31.7 Å². The number of nitrogens with one attached hydrogen (secondary N) is 1. The Morgan fingerprint density at radius 2 is 1.91 bits per heavy atom. The van der Waals surface area contributed by atoms with Gasteiger partial charge in [0, 0.05) is 42.3 Å². The molecule has 23 heavy (non-hydrogen) atoms. The van der Waals surface area contributed by atoms with Gasteiger partial charge in [-0.05, 0) is 37.0 Å². The second kappa shape index (κ2) is 6.99. The van der Waals surface area contributed by atoms with Crippen LogP contribution in [-0.4, -0.2) is 37.4 Å². The van der Waals surface area contributed by atoms with E-state index in [0.29, 0.717) is 11.5 Å². The van der Waals surface area contributed by atoms with Crippen molar-refractivity contribution >= 4 is 15.9 Å². The molecule has 1 N–H and O–H groups in total. The number of hydrogen-bond donors (Lipinski definition) is 1. The Bertz CT molecular complexity index is 543. The average molecular weight is 393 g/mol. The van der Waals surface area contributed by atoms with E-state index < -0.39 is 6.36 Å². The van der Waals surface area contributed by atoms with Crippen LogP contribution in [0.2, 0.25) is 0 Å². The summed E-state index contributed by atoms with van der Waals surface area (Å²) < 4.78 is 43.4. The van der Waals surface area contributed by atoms with Gasteiger partial charge in [0.15, 0.2) is 0 Å². The van der Waals surface area contributed by atoms with E-state index in [0.717, 1.165) is 49.9 Å². The van der Waals surface area contributed by atoms with E-state index in [1.165, 1.54) is 6.07 Å². The number of rotatable bonds is 4. The molecule has 0 radical (unpaired) electrons. The van der Waals surface area contributed by atoms with Gasteiger partial charge in [-0.2, -0.15) is 0 Å². The second-order valence-corrected chi connectivity index (χ2v) is 7.07. The first kappa shape index (κ1) is 17.0. The quantitative estimate of drug-likeness (QED) is 0.834. The molecule has 3 nitrogen and oxygen atoms in total. The molecule has 3 rings (SSSR count). The highest BCUT2D eigenvalue weighted by atomic mass is 79.9. The summed E-state index contributed by atoms with van der Waals surface area (Å²) in [5.74, 6) is 0.328. The molecule has 2 aliphatic rings. The van der Waals surface area contributed by atoms with Crippen molar-refractivity contribution in [3.8, 4) is 5.75 Å². The molecule has 0 unspecified atom stereocenters. The zero-order valence-electron chi connectivity index (χ0n) is 12.7. The summed E-state index contributed by atoms with van der Waals surface area (Å²) >= 11 is 3.39. The molecule has 0 aromatic heterocycles. The maximum atomic E-state index is 12.8. The number of benzene rings is 1. The van der Waals surface area contributed by atoms with E-state index in [-0.39, 0.29) is 11.8 Å². The van der Waals surface area contributed by atoms with E-state index in [1.807, 2.05) is 0 Å². The zero-order valence-corrected chi connectivity index (χ0v) is 14.3. The standard InChI is InChI=1S/C16H20BrF3N2O/c17-12-4-5-14(23-16(18,19)20)13(10-12)15(11-2-1-3-11)22-8-6-21-7-9-22/h4-5,10-11,15,21H,1-3,6-9H2/t15-/m1/s1. The van der Waals surface area contributed by atoms with E-state index in [9.17, 15) is 13.2 Å². The monoisotopic (exact) mass is 392 g/mol. The zero-order chi connectivity index (χ0) is 16.4. The minimum absolute atomic E-state index is 0.0132. The molecule has 1 aliphatic heterocycles. The third kappa shape index (κ3) is 4.19. The Balaban J connectivity index is 1.95. The summed E-state index contributed by atoms with van der Waals surface area (Å²) in [6, 6.07) is 4.79. The molecule has 1 aromatic rings. The number of ether oxygens (including phenoxy) is 1. The van der Waals surface area contributed by atoms with Crippen LogP contribution in [0.25, 0.3) is 0 Å². The molecular weight excluding hydrogens is 373 g/mol. The number of piperazine rings is 1. The fraction of sp³-hybridized carbons (Fsp3) is 0.625. The third-order valence-corrected chi connectivity index (χ3v) is 5.15. The van der Waals surface area contributed by atoms with Gasteiger partial charge in [-0.3, -0.25) is 4.90 Å². The molecule has 1 saturated carbocycles. The highest BCUT2D eigenvalue weighted by Crippen LogP contribution is 2.45. The number of hydrogen-bond acceptors (Lipinski definition) is 3. The molecule has 1 aliphatic carbocycles. The fourth-order valence-corrected chi connectivity index (χ4v) is 3.81. The summed E-state index contributed by atoms with van der Waals surface area (Å²) in [7, 11) is 0. The Morgan fingerprint density at radius 3 is 2.48 bits per heavy atom. The summed E-state index contributed by atoms with van der Waals surface area (Å²) in [5.41, 5.74) is 0.642. The average Bonchev–Trinajstić information content (AvgIpc) is 2.44. The van der Waals surface area contributed by atoms with Gasteiger partial charge in [-0.15, -0.1) is 13.2 Å². The smallest absolute Gasteiger partial charge is 0.405 e. The molecule has 7 heteroatoms. The van der Waals surface area contributed by atoms with Crippen molar-refractivity contribution in [1.82, 2.24) is 10.2 Å². The number of alkyl halides is 3. The lowest BCUT2D eigenvalue weighted by molar-refractivity contribution is -0.275. The first-order valence-corrected chi connectivity index (χ1v) is 8.73. The summed E-state index contributed by atoms with van der Waals surface area (Å²) in [4.78, 5) is 2.30. The predicted molar refractivity (Wildman–Crippen MR) is 85.3 cm³/mol. The van der Waals surface area contributed by atoms with Gasteiger partial charge >= 0.3 is 6.36 Å². The van der Waals surface area contributed by atoms with Gasteiger partial charge in [0.25, 0.3) is 0 Å². The maximum absolute atomic E-state index is 12.8. The highest BCUT2D eigenvalue weighted by molar-refractivity contribution is 9.10. The number of nitrogens with zero attached hydrogens (tertiary/aromatic N) is 1. The predicted octanol–water partition coefficient (Wildman–Crippen LogP) is 4.09. The highest BCUT2D eigenvalue weighted by Gasteiger charge is 2.38. The van der Waals surface area contributed by atoms with Crippen molar-refractivity contribution in [2.24, 2.45) is 5.92 Å². The molecule has 0 bridgehead atoms. The molecule has 0 amide bonds. The third-order valence-electron chi connectivity index (χ3n) is 4.66. The van der Waals surface area contributed by atoms with E-state index in [4.69, 9.17) is 0 Å². The Morgan fingerprint density at radius 1 is 1.22 bits per heavy atom. The molecule has 1 aromatic carbocycles. The SMILES string of the molecule is FC(F)(F)Oc1ccc(Br)cc1[C@@H](C1CCC1)N1CCNCC1. The molecular formula is C16H20BrF3N2O. The van der Waals surface area contributed by atoms with E-state index >= 15 is 0 Å². The first-order chi connectivity index (χ1) is 10.9. The molecule has 2 fully saturated rings. The second-order valence-electron chi connectivity index (χ2n) is 6.15. The summed E-state index contributed by atoms with van der Waals surface area (Å²) in [6.07, 6.45) is -1.40.